The minimum absolute atomic E-state index is 0.102. The summed E-state index contributed by atoms with van der Waals surface area (Å²) in [6.07, 6.45) is 18.7. The molecule has 95 heavy (non-hydrogen) atoms. The molecule has 4 aromatic heterocycles. The van der Waals surface area contributed by atoms with E-state index >= 15 is 0 Å². The van der Waals surface area contributed by atoms with Gasteiger partial charge in [-0.05, 0) is 226 Å². The van der Waals surface area contributed by atoms with Crippen molar-refractivity contribution in [1.29, 1.82) is 0 Å². The maximum Gasteiger partial charge on any atom is 0.494 e. The van der Waals surface area contributed by atoms with Crippen LogP contribution in [0.15, 0.2) is 153 Å². The molecule has 1 aliphatic rings. The number of carbonyl (C=O) groups excluding carboxylic acids is 4. The lowest BCUT2D eigenvalue weighted by Crippen LogP contribution is -2.41. The van der Waals surface area contributed by atoms with Crippen molar-refractivity contribution >= 4 is 115 Å². The smallest absolute Gasteiger partial charge is 0.465 e. The maximum atomic E-state index is 13.2. The Morgan fingerprint density at radius 3 is 1.12 bits per heavy atom. The van der Waals surface area contributed by atoms with Gasteiger partial charge in [0.25, 0.3) is 12.9 Å². The fraction of sp³-hybridized carbons (Fsp3) is 0.359. The second kappa shape index (κ2) is 36.9. The topological polar surface area (TPSA) is 124 Å². The van der Waals surface area contributed by atoms with Gasteiger partial charge in [0.2, 0.25) is 0 Å². The lowest BCUT2D eigenvalue weighted by molar-refractivity contribution is -0.130. The first-order chi connectivity index (χ1) is 45.9. The van der Waals surface area contributed by atoms with Crippen LogP contribution in [-0.2, 0) is 70.3 Å². The lowest BCUT2D eigenvalue weighted by atomic mass is 9.78. The Bertz CT molecular complexity index is 3900. The van der Waals surface area contributed by atoms with Crippen LogP contribution in [0.3, 0.4) is 0 Å². The van der Waals surface area contributed by atoms with Crippen LogP contribution in [0.4, 0.5) is 0 Å². The predicted molar refractivity (Wildman–Crippen MR) is 402 cm³/mol. The fourth-order valence-corrected chi connectivity index (χ4v) is 16.1. The molecule has 0 unspecified atom stereocenters. The van der Waals surface area contributed by atoms with Crippen LogP contribution in [-0.4, -0.2) is 57.4 Å². The molecule has 500 valence electrons. The summed E-state index contributed by atoms with van der Waals surface area (Å²) in [5.41, 5.74) is 12.9. The monoisotopic (exact) mass is 1480 g/mol. The van der Waals surface area contributed by atoms with Gasteiger partial charge in [-0.1, -0.05) is 151 Å². The summed E-state index contributed by atoms with van der Waals surface area (Å²) in [6.45, 7) is 16.2. The number of hydrogen-bond donors (Lipinski definition) is 0. The number of aryl methyl sites for hydroxylation is 3. The molecule has 0 saturated carbocycles. The number of hydrogen-bond acceptors (Lipinski definition) is 14. The zero-order valence-corrected chi connectivity index (χ0v) is 62.5. The van der Waals surface area contributed by atoms with Gasteiger partial charge < -0.3 is 28.3 Å². The Labute approximate surface area is 595 Å². The molecule has 0 aliphatic carbocycles. The molecule has 1 fully saturated rings. The average molecular weight is 1480 g/mol. The van der Waals surface area contributed by atoms with E-state index in [1.807, 2.05) is 42.5 Å². The highest BCUT2D eigenvalue weighted by atomic mass is 79.9. The van der Waals surface area contributed by atoms with E-state index in [-0.39, 0.29) is 31.5 Å². The van der Waals surface area contributed by atoms with E-state index in [1.54, 1.807) is 28.7 Å². The summed E-state index contributed by atoms with van der Waals surface area (Å²) in [6, 6.07) is 50.1. The molecule has 1 saturated heterocycles. The van der Waals surface area contributed by atoms with Gasteiger partial charge in [0.15, 0.2) is 0 Å². The molecule has 1 aliphatic heterocycles. The lowest BCUT2D eigenvalue weighted by Gasteiger charge is -2.32. The average Bonchev–Trinajstić information content (AvgIpc) is 1.47. The molecule has 0 N–H and O–H groups in total. The fourth-order valence-electron chi connectivity index (χ4n) is 11.2. The summed E-state index contributed by atoms with van der Waals surface area (Å²) < 4.78 is 34.6. The number of benzene rings is 5. The molecule has 0 atom stereocenters. The van der Waals surface area contributed by atoms with E-state index in [9.17, 15) is 19.2 Å². The van der Waals surface area contributed by atoms with Crippen molar-refractivity contribution in [2.75, 3.05) is 14.2 Å². The standard InChI is InChI=1S/C42H46O4S2.C18H29BO2.C18H12Br2O4S2/c1-4-6-8-10-12-30-14-18-32(19-15-30)38-22-24-40(47-38)35-27-37(42(44)45-3)36(26-34(35)28-46-29-43)41-25-23-39(48-41)33-20-16-31(17-21-33)13-11-9-7-5-2;1-6-7-8-9-10-15-11-13-16(14-12-15)19-20-17(2,3)18(4,5)21-19;1-23-18(22)13-7-11(14-2-4-16(19)25-14)10(8-24-9-21)6-12(13)15-3-5-17(20)26-15/h14-27,29H,4-13,28H2,1-3H3;11-14H,6-10H2,1-5H3;2-7,9H,8H2,1H3. The Morgan fingerprint density at radius 1 is 0.432 bits per heavy atom. The first-order valence-corrected chi connectivity index (χ1v) is 37.7. The summed E-state index contributed by atoms with van der Waals surface area (Å²) in [4.78, 5) is 53.7. The van der Waals surface area contributed by atoms with E-state index in [0.717, 1.165) is 99.6 Å². The Morgan fingerprint density at radius 2 is 0.768 bits per heavy atom. The van der Waals surface area contributed by atoms with Crippen molar-refractivity contribution < 1.29 is 47.4 Å². The minimum atomic E-state index is -0.413. The predicted octanol–water partition coefficient (Wildman–Crippen LogP) is 22.4. The van der Waals surface area contributed by atoms with Crippen molar-refractivity contribution in [1.82, 2.24) is 0 Å². The third kappa shape index (κ3) is 20.6. The van der Waals surface area contributed by atoms with Crippen molar-refractivity contribution in [3.8, 4) is 62.6 Å². The second-order valence-corrected chi connectivity index (χ2v) is 31.7. The van der Waals surface area contributed by atoms with Gasteiger partial charge in [0, 0.05) is 40.4 Å². The molecule has 10 nitrogen and oxygen atoms in total. The van der Waals surface area contributed by atoms with E-state index in [1.165, 1.54) is 137 Å². The third-order valence-electron chi connectivity index (χ3n) is 17.3. The molecule has 0 spiro atoms. The highest BCUT2D eigenvalue weighted by Crippen LogP contribution is 2.44. The number of thiophene rings is 4. The molecule has 17 heteroatoms. The first-order valence-electron chi connectivity index (χ1n) is 32.9. The van der Waals surface area contributed by atoms with Crippen LogP contribution in [0, 0.1) is 0 Å². The molecule has 0 bridgehead atoms. The zero-order chi connectivity index (χ0) is 67.9. The molecule has 9 aromatic rings. The Balaban J connectivity index is 0.000000205. The number of halogens is 2. The molecule has 0 amide bonds. The number of unbranched alkanes of at least 4 members (excludes halogenated alkanes) is 9. The highest BCUT2D eigenvalue weighted by molar-refractivity contribution is 9.11. The Kier molecular flexibility index (Phi) is 28.9. The largest absolute Gasteiger partial charge is 0.494 e. The van der Waals surface area contributed by atoms with E-state index in [4.69, 9.17) is 28.3 Å². The van der Waals surface area contributed by atoms with Gasteiger partial charge >= 0.3 is 19.1 Å². The van der Waals surface area contributed by atoms with Gasteiger partial charge in [-0.15, -0.1) is 45.3 Å². The van der Waals surface area contributed by atoms with E-state index in [2.05, 4.69) is 177 Å². The van der Waals surface area contributed by atoms with Gasteiger partial charge in [-0.25, -0.2) is 9.59 Å². The maximum absolute atomic E-state index is 13.2. The van der Waals surface area contributed by atoms with Crippen molar-refractivity contribution in [2.24, 2.45) is 0 Å². The molecule has 0 radical (unpaired) electrons. The first kappa shape index (κ1) is 74.5. The number of methoxy groups -OCH3 is 2. The normalized spacial score (nSPS) is 12.9. The molecule has 10 rings (SSSR count). The van der Waals surface area contributed by atoms with Crippen LogP contribution in [0.25, 0.3) is 62.6 Å². The highest BCUT2D eigenvalue weighted by Gasteiger charge is 2.51. The van der Waals surface area contributed by atoms with Gasteiger partial charge in [-0.2, -0.15) is 0 Å². The van der Waals surface area contributed by atoms with Gasteiger partial charge in [0.1, 0.15) is 13.2 Å². The summed E-state index contributed by atoms with van der Waals surface area (Å²) >= 11 is 13.3. The summed E-state index contributed by atoms with van der Waals surface area (Å²) in [5.74, 6) is -0.813. The van der Waals surface area contributed by atoms with Crippen LogP contribution in [0.2, 0.25) is 0 Å². The van der Waals surface area contributed by atoms with Crippen molar-refractivity contribution in [2.45, 2.75) is 169 Å². The van der Waals surface area contributed by atoms with Crippen molar-refractivity contribution in [3.63, 3.8) is 0 Å². The van der Waals surface area contributed by atoms with Crippen LogP contribution in [0.1, 0.15) is 174 Å². The van der Waals surface area contributed by atoms with Crippen molar-refractivity contribution in [3.05, 3.63) is 192 Å². The summed E-state index contributed by atoms with van der Waals surface area (Å²) in [7, 11) is 2.53. The quantitative estimate of drug-likeness (QED) is 0.0141. The molecular weight excluding hydrogens is 1400 g/mol. The SMILES string of the molecule is CCCCCCc1ccc(-c2ccc(-c3cc(C(=O)OC)c(-c4ccc(-c5ccc(CCCCCC)cc5)s4)cc3COC=O)s2)cc1.CCCCCCc1ccc(B2OC(C)(C)C(C)(C)O2)cc1.COC(=O)c1cc(-c2ccc(Br)s2)c(COC=O)cc1-c1ccc(Br)s1. The van der Waals surface area contributed by atoms with E-state index in [0.29, 0.717) is 24.1 Å². The number of ether oxygens (including phenoxy) is 4. The number of rotatable bonds is 30. The Hall–Kier alpha value is -6.28. The minimum Gasteiger partial charge on any atom is -0.465 e. The van der Waals surface area contributed by atoms with Gasteiger partial charge in [-0.3, -0.25) is 9.59 Å². The molecule has 5 heterocycles. The zero-order valence-electron chi connectivity index (χ0n) is 56.1. The van der Waals surface area contributed by atoms with E-state index < -0.39 is 11.9 Å². The number of esters is 2. The van der Waals surface area contributed by atoms with Crippen LogP contribution in [0.5, 0.6) is 0 Å². The second-order valence-electron chi connectivity index (χ2n) is 24.6. The van der Waals surface area contributed by atoms with Gasteiger partial charge in [0.05, 0.1) is 44.1 Å². The van der Waals surface area contributed by atoms with Crippen LogP contribution < -0.4 is 5.46 Å². The number of carbonyl (C=O) groups is 4. The van der Waals surface area contributed by atoms with Crippen LogP contribution >= 0.6 is 77.2 Å². The third-order valence-corrected chi connectivity index (χ3v) is 22.9. The molecular formula is C78H87BBr2O10S4. The summed E-state index contributed by atoms with van der Waals surface area (Å²) in [5, 5.41) is 0. The molecule has 5 aromatic carbocycles.